The summed E-state index contributed by atoms with van der Waals surface area (Å²) in [6.07, 6.45) is 15.2. The molecule has 188 valence electrons. The predicted molar refractivity (Wildman–Crippen MR) is 157 cm³/mol. The minimum absolute atomic E-state index is 0.00411. The van der Waals surface area contributed by atoms with Crippen LogP contribution in [0.2, 0.25) is 0 Å². The van der Waals surface area contributed by atoms with Crippen molar-refractivity contribution < 1.29 is 0 Å². The minimum atomic E-state index is 0.00411. The summed E-state index contributed by atoms with van der Waals surface area (Å²) in [6.45, 7) is 6.11. The molecule has 0 saturated heterocycles. The predicted octanol–water partition coefficient (Wildman–Crippen LogP) is 7.76. The maximum absolute atomic E-state index is 3.90. The number of anilines is 3. The van der Waals surface area contributed by atoms with Gasteiger partial charge < -0.3 is 20.0 Å². The molecule has 4 unspecified atom stereocenters. The molecule has 3 aliphatic heterocycles. The Balaban J connectivity index is 1.29. The summed E-state index contributed by atoms with van der Waals surface area (Å²) in [5.74, 6) is 0.389. The zero-order chi connectivity index (χ0) is 25.8. The van der Waals surface area contributed by atoms with Gasteiger partial charge in [-0.1, -0.05) is 91.6 Å². The van der Waals surface area contributed by atoms with Crippen LogP contribution in [0.25, 0.3) is 0 Å². The number of nitrogens with one attached hydrogen (secondary N) is 1. The molecule has 7 rings (SSSR count). The SMILES string of the molecule is C=C/C=C\C1=C(C)N(C)C2c3ccccc3NC(c3ccc(N4c5ccccc5C5C=CC=CC54)cc3)N12. The number of para-hydroxylation sites is 2. The average Bonchev–Trinajstić information content (AvgIpc) is 3.43. The Labute approximate surface area is 225 Å². The van der Waals surface area contributed by atoms with Crippen molar-refractivity contribution in [3.63, 3.8) is 0 Å². The van der Waals surface area contributed by atoms with Crippen molar-refractivity contribution in [1.82, 2.24) is 9.80 Å². The van der Waals surface area contributed by atoms with Gasteiger partial charge in [0.15, 0.2) is 0 Å². The van der Waals surface area contributed by atoms with Crippen LogP contribution < -0.4 is 10.2 Å². The third-order valence-corrected chi connectivity index (χ3v) is 8.45. The lowest BCUT2D eigenvalue weighted by Crippen LogP contribution is -2.41. The Bertz CT molecular complexity index is 1530. The zero-order valence-corrected chi connectivity index (χ0v) is 21.8. The molecule has 0 amide bonds. The molecule has 4 aliphatic rings. The van der Waals surface area contributed by atoms with Gasteiger partial charge in [0.25, 0.3) is 0 Å². The van der Waals surface area contributed by atoms with E-state index in [9.17, 15) is 0 Å². The van der Waals surface area contributed by atoms with Gasteiger partial charge in [-0.05, 0) is 48.4 Å². The molecule has 0 saturated carbocycles. The van der Waals surface area contributed by atoms with Gasteiger partial charge in [0, 0.05) is 41.3 Å². The van der Waals surface area contributed by atoms with Gasteiger partial charge in [-0.2, -0.15) is 0 Å². The molecule has 3 aromatic rings. The molecule has 3 aromatic carbocycles. The van der Waals surface area contributed by atoms with E-state index in [1.165, 1.54) is 45.1 Å². The third-order valence-electron chi connectivity index (χ3n) is 8.45. The Morgan fingerprint density at radius 2 is 1.61 bits per heavy atom. The molecule has 0 aromatic heterocycles. The van der Waals surface area contributed by atoms with Crippen LogP contribution in [-0.2, 0) is 0 Å². The van der Waals surface area contributed by atoms with E-state index in [0.29, 0.717) is 12.0 Å². The van der Waals surface area contributed by atoms with E-state index in [2.05, 4.69) is 144 Å². The highest BCUT2D eigenvalue weighted by Crippen LogP contribution is 2.51. The van der Waals surface area contributed by atoms with E-state index in [-0.39, 0.29) is 12.3 Å². The number of fused-ring (bicyclic) bond motifs is 6. The largest absolute Gasteiger partial charge is 0.361 e. The fourth-order valence-electron chi connectivity index (χ4n) is 6.60. The van der Waals surface area contributed by atoms with Gasteiger partial charge in [0.1, 0.15) is 12.3 Å². The van der Waals surface area contributed by atoms with E-state index in [0.717, 1.165) is 0 Å². The lowest BCUT2D eigenvalue weighted by molar-refractivity contribution is 0.123. The van der Waals surface area contributed by atoms with Crippen LogP contribution in [0.1, 0.15) is 41.9 Å². The molecular weight excluding hydrogens is 464 g/mol. The summed E-state index contributed by atoms with van der Waals surface area (Å²) < 4.78 is 0. The monoisotopic (exact) mass is 496 g/mol. The molecule has 3 heterocycles. The lowest BCUT2D eigenvalue weighted by atomic mass is 9.91. The first-order chi connectivity index (χ1) is 18.7. The van der Waals surface area contributed by atoms with Gasteiger partial charge in [0.05, 0.1) is 11.7 Å². The van der Waals surface area contributed by atoms with Crippen LogP contribution in [0.3, 0.4) is 0 Å². The van der Waals surface area contributed by atoms with E-state index >= 15 is 0 Å². The van der Waals surface area contributed by atoms with Gasteiger partial charge in [-0.3, -0.25) is 0 Å². The first-order valence-corrected chi connectivity index (χ1v) is 13.4. The molecule has 0 spiro atoms. The fourth-order valence-corrected chi connectivity index (χ4v) is 6.60. The second kappa shape index (κ2) is 8.84. The van der Waals surface area contributed by atoms with Gasteiger partial charge in [-0.25, -0.2) is 0 Å². The maximum atomic E-state index is 3.90. The molecule has 1 aliphatic carbocycles. The van der Waals surface area contributed by atoms with Crippen molar-refractivity contribution in [2.24, 2.45) is 0 Å². The second-order valence-electron chi connectivity index (χ2n) is 10.4. The van der Waals surface area contributed by atoms with E-state index < -0.39 is 0 Å². The van der Waals surface area contributed by atoms with Crippen LogP contribution in [0.5, 0.6) is 0 Å². The Hall–Kier alpha value is -4.44. The summed E-state index contributed by atoms with van der Waals surface area (Å²) in [5, 5.41) is 3.85. The van der Waals surface area contributed by atoms with Gasteiger partial charge in [-0.15, -0.1) is 0 Å². The second-order valence-corrected chi connectivity index (χ2v) is 10.4. The highest BCUT2D eigenvalue weighted by Gasteiger charge is 2.43. The minimum Gasteiger partial charge on any atom is -0.361 e. The summed E-state index contributed by atoms with van der Waals surface area (Å²) in [7, 11) is 2.19. The number of hydrogen-bond acceptors (Lipinski definition) is 4. The molecular formula is C34H32N4. The maximum Gasteiger partial charge on any atom is 0.132 e. The topological polar surface area (TPSA) is 21.8 Å². The van der Waals surface area contributed by atoms with E-state index in [1.54, 1.807) is 0 Å². The lowest BCUT2D eigenvalue weighted by Gasteiger charge is -2.44. The van der Waals surface area contributed by atoms with Gasteiger partial charge >= 0.3 is 0 Å². The van der Waals surface area contributed by atoms with Crippen molar-refractivity contribution >= 4 is 17.1 Å². The molecule has 4 heteroatoms. The van der Waals surface area contributed by atoms with Crippen LogP contribution in [0.15, 0.2) is 133 Å². The summed E-state index contributed by atoms with van der Waals surface area (Å²) >= 11 is 0. The van der Waals surface area contributed by atoms with Crippen molar-refractivity contribution in [3.8, 4) is 0 Å². The van der Waals surface area contributed by atoms with Crippen LogP contribution in [0, 0.1) is 0 Å². The number of allylic oxidation sites excluding steroid dienone is 6. The Morgan fingerprint density at radius 3 is 2.42 bits per heavy atom. The molecule has 0 radical (unpaired) electrons. The third kappa shape index (κ3) is 3.30. The molecule has 38 heavy (non-hydrogen) atoms. The highest BCUT2D eigenvalue weighted by atomic mass is 15.5. The van der Waals surface area contributed by atoms with E-state index in [1.807, 2.05) is 12.2 Å². The fraction of sp³-hybridized carbons (Fsp3) is 0.176. The molecule has 0 fully saturated rings. The van der Waals surface area contributed by atoms with Crippen molar-refractivity contribution in [1.29, 1.82) is 0 Å². The molecule has 0 bridgehead atoms. The normalized spacial score (nSPS) is 24.8. The average molecular weight is 497 g/mol. The van der Waals surface area contributed by atoms with E-state index in [4.69, 9.17) is 0 Å². The highest BCUT2D eigenvalue weighted by molar-refractivity contribution is 5.75. The summed E-state index contributed by atoms with van der Waals surface area (Å²) in [6, 6.07) is 26.9. The first-order valence-electron chi connectivity index (χ1n) is 13.4. The summed E-state index contributed by atoms with van der Waals surface area (Å²) in [5.41, 5.74) is 10.1. The smallest absolute Gasteiger partial charge is 0.132 e. The Kier molecular flexibility index (Phi) is 5.29. The number of rotatable bonds is 4. The van der Waals surface area contributed by atoms with Crippen LogP contribution in [-0.4, -0.2) is 22.9 Å². The zero-order valence-electron chi connectivity index (χ0n) is 21.8. The summed E-state index contributed by atoms with van der Waals surface area (Å²) in [4.78, 5) is 7.37. The number of nitrogens with zero attached hydrogens (tertiary/aromatic N) is 3. The van der Waals surface area contributed by atoms with Gasteiger partial charge in [0.2, 0.25) is 0 Å². The molecule has 1 N–H and O–H groups in total. The van der Waals surface area contributed by atoms with Crippen LogP contribution >= 0.6 is 0 Å². The van der Waals surface area contributed by atoms with Crippen molar-refractivity contribution in [2.45, 2.75) is 31.2 Å². The number of hydrogen-bond donors (Lipinski definition) is 1. The van der Waals surface area contributed by atoms with Crippen LogP contribution in [0.4, 0.5) is 17.1 Å². The molecule has 4 atom stereocenters. The standard InChI is InChI=1S/C34H32N4/c1-4-5-16-30-23(2)36(3)34-28-14-6-9-15-29(28)35-33(38(30)34)24-19-21-25(22-20-24)37-31-17-10-7-12-26(31)27-13-8-11-18-32(27)37/h4-22,26,31,33-35H,1H2,2-3H3/b16-5-. The Morgan fingerprint density at radius 1 is 0.868 bits per heavy atom. The number of benzene rings is 3. The molecule has 4 nitrogen and oxygen atoms in total. The van der Waals surface area contributed by atoms with Crippen molar-refractivity contribution in [3.05, 3.63) is 150 Å². The van der Waals surface area contributed by atoms with Crippen molar-refractivity contribution in [2.75, 3.05) is 17.3 Å². The quantitative estimate of drug-likeness (QED) is 0.373. The first kappa shape index (κ1) is 22.7.